The number of nitrogens with zero attached hydrogens (tertiary/aromatic N) is 1. The summed E-state index contributed by atoms with van der Waals surface area (Å²) >= 11 is 1.88. The second-order valence-electron chi connectivity index (χ2n) is 15.3. The van der Waals surface area contributed by atoms with Crippen LogP contribution in [0.4, 0.5) is 17.1 Å². The molecule has 0 atom stereocenters. The van der Waals surface area contributed by atoms with Crippen molar-refractivity contribution in [1.29, 1.82) is 0 Å². The van der Waals surface area contributed by atoms with Gasteiger partial charge in [-0.25, -0.2) is 0 Å². The first kappa shape index (κ1) is 35.6. The number of fused-ring (bicyclic) bond motifs is 4. The van der Waals surface area contributed by atoms with Crippen molar-refractivity contribution in [3.63, 3.8) is 0 Å². The molecule has 0 unspecified atom stereocenters. The zero-order chi connectivity index (χ0) is 39.8. The molecule has 0 amide bonds. The Morgan fingerprint density at radius 3 is 1.47 bits per heavy atom. The Labute approximate surface area is 354 Å². The van der Waals surface area contributed by atoms with E-state index in [4.69, 9.17) is 0 Å². The number of benzene rings is 10. The van der Waals surface area contributed by atoms with Crippen LogP contribution in [0.2, 0.25) is 0 Å². The number of hydrogen-bond acceptors (Lipinski definition) is 2. The van der Waals surface area contributed by atoms with Crippen molar-refractivity contribution >= 4 is 59.3 Å². The van der Waals surface area contributed by atoms with Crippen molar-refractivity contribution in [2.75, 3.05) is 4.90 Å². The highest BCUT2D eigenvalue weighted by Crippen LogP contribution is 2.44. The summed E-state index contributed by atoms with van der Waals surface area (Å²) in [5.74, 6) is 0. The van der Waals surface area contributed by atoms with Crippen LogP contribution >= 0.6 is 11.3 Å². The Morgan fingerprint density at radius 1 is 0.283 bits per heavy atom. The molecular weight excluding hydrogens is 743 g/mol. The van der Waals surface area contributed by atoms with Gasteiger partial charge in [-0.1, -0.05) is 176 Å². The van der Waals surface area contributed by atoms with Crippen molar-refractivity contribution in [3.05, 3.63) is 237 Å². The number of hydrogen-bond donors (Lipinski definition) is 0. The molecule has 1 nitrogen and oxygen atoms in total. The molecule has 60 heavy (non-hydrogen) atoms. The van der Waals surface area contributed by atoms with Gasteiger partial charge in [0.15, 0.2) is 0 Å². The third kappa shape index (κ3) is 6.63. The zero-order valence-electron chi connectivity index (χ0n) is 32.9. The topological polar surface area (TPSA) is 3.24 Å². The molecule has 282 valence electrons. The average molecular weight is 782 g/mol. The monoisotopic (exact) mass is 781 g/mol. The second kappa shape index (κ2) is 15.3. The van der Waals surface area contributed by atoms with Crippen molar-refractivity contribution in [2.45, 2.75) is 0 Å². The third-order valence-corrected chi connectivity index (χ3v) is 12.9. The van der Waals surface area contributed by atoms with E-state index in [2.05, 4.69) is 241 Å². The van der Waals surface area contributed by atoms with Crippen LogP contribution in [0.15, 0.2) is 237 Å². The minimum atomic E-state index is 1.09. The lowest BCUT2D eigenvalue weighted by Crippen LogP contribution is -2.11. The molecule has 0 aliphatic carbocycles. The Morgan fingerprint density at radius 2 is 0.783 bits per heavy atom. The van der Waals surface area contributed by atoms with Crippen LogP contribution in [0.1, 0.15) is 0 Å². The molecule has 0 N–H and O–H groups in total. The summed E-state index contributed by atoms with van der Waals surface area (Å²) in [6.45, 7) is 0. The number of para-hydroxylation sites is 1. The Kier molecular flexibility index (Phi) is 9.11. The van der Waals surface area contributed by atoms with Gasteiger partial charge in [-0.15, -0.1) is 11.3 Å². The average Bonchev–Trinajstić information content (AvgIpc) is 3.72. The smallest absolute Gasteiger partial charge is 0.0540 e. The molecule has 0 aliphatic heterocycles. The molecule has 1 aromatic heterocycles. The Hall–Kier alpha value is -7.52. The van der Waals surface area contributed by atoms with Crippen LogP contribution in [0.3, 0.4) is 0 Å². The fraction of sp³-hybridized carbons (Fsp3) is 0. The van der Waals surface area contributed by atoms with Gasteiger partial charge in [0.1, 0.15) is 0 Å². The van der Waals surface area contributed by atoms with E-state index in [0.717, 1.165) is 17.1 Å². The summed E-state index contributed by atoms with van der Waals surface area (Å²) in [7, 11) is 0. The second-order valence-corrected chi connectivity index (χ2v) is 16.4. The Bertz CT molecular complexity index is 3230. The Balaban J connectivity index is 1.04. The summed E-state index contributed by atoms with van der Waals surface area (Å²) < 4.78 is 2.65. The van der Waals surface area contributed by atoms with E-state index < -0.39 is 0 Å². The van der Waals surface area contributed by atoms with Crippen LogP contribution < -0.4 is 4.90 Å². The molecule has 0 bridgehead atoms. The van der Waals surface area contributed by atoms with Crippen LogP contribution in [-0.4, -0.2) is 0 Å². The van der Waals surface area contributed by atoms with Crippen LogP contribution in [0, 0.1) is 0 Å². The first-order valence-electron chi connectivity index (χ1n) is 20.5. The van der Waals surface area contributed by atoms with Gasteiger partial charge in [0, 0.05) is 37.1 Å². The number of rotatable bonds is 8. The molecule has 0 radical (unpaired) electrons. The molecular formula is C58H39NS. The van der Waals surface area contributed by atoms with E-state index in [-0.39, 0.29) is 0 Å². The van der Waals surface area contributed by atoms with E-state index in [9.17, 15) is 0 Å². The first-order chi connectivity index (χ1) is 29.7. The van der Waals surface area contributed by atoms with Crippen molar-refractivity contribution in [1.82, 2.24) is 0 Å². The molecule has 0 saturated heterocycles. The molecule has 1 heterocycles. The van der Waals surface area contributed by atoms with Gasteiger partial charge < -0.3 is 4.90 Å². The molecule has 10 aromatic carbocycles. The molecule has 11 rings (SSSR count). The maximum absolute atomic E-state index is 2.41. The molecule has 2 heteroatoms. The fourth-order valence-electron chi connectivity index (χ4n) is 8.65. The molecule has 11 aromatic rings. The largest absolute Gasteiger partial charge is 0.310 e. The predicted molar refractivity (Wildman–Crippen MR) is 259 cm³/mol. The van der Waals surface area contributed by atoms with E-state index in [1.54, 1.807) is 0 Å². The van der Waals surface area contributed by atoms with E-state index in [1.165, 1.54) is 86.6 Å². The highest BCUT2D eigenvalue weighted by molar-refractivity contribution is 7.26. The fourth-order valence-corrected chi connectivity index (χ4v) is 9.89. The minimum absolute atomic E-state index is 1.09. The highest BCUT2D eigenvalue weighted by Gasteiger charge is 2.19. The summed E-state index contributed by atoms with van der Waals surface area (Å²) in [5.41, 5.74) is 15.3. The van der Waals surface area contributed by atoms with Gasteiger partial charge >= 0.3 is 0 Å². The lowest BCUT2D eigenvalue weighted by molar-refractivity contribution is 1.28. The third-order valence-electron chi connectivity index (χ3n) is 11.7. The SMILES string of the molecule is c1ccc(-c2cc(-c3ccccc3)cc(-c3ccc(N(c4ccc(-c5cccc6c5sc5ccccc56)cc4)c4ccccc4-c4ccc5ccccc5c4)cc3)c2)cc1. The number of anilines is 3. The molecule has 0 fully saturated rings. The quantitative estimate of drug-likeness (QED) is 0.148. The highest BCUT2D eigenvalue weighted by atomic mass is 32.1. The van der Waals surface area contributed by atoms with Crippen molar-refractivity contribution in [3.8, 4) is 55.6 Å². The van der Waals surface area contributed by atoms with Crippen LogP contribution in [-0.2, 0) is 0 Å². The van der Waals surface area contributed by atoms with Crippen molar-refractivity contribution in [2.24, 2.45) is 0 Å². The molecule has 0 aliphatic rings. The molecule has 0 spiro atoms. The lowest BCUT2D eigenvalue weighted by Gasteiger charge is -2.28. The maximum atomic E-state index is 2.41. The summed E-state index contributed by atoms with van der Waals surface area (Å²) in [6.07, 6.45) is 0. The lowest BCUT2D eigenvalue weighted by atomic mass is 9.93. The first-order valence-corrected chi connectivity index (χ1v) is 21.3. The normalized spacial score (nSPS) is 11.3. The summed E-state index contributed by atoms with van der Waals surface area (Å²) in [6, 6.07) is 86.2. The zero-order valence-corrected chi connectivity index (χ0v) is 33.7. The van der Waals surface area contributed by atoms with Gasteiger partial charge in [0.25, 0.3) is 0 Å². The predicted octanol–water partition coefficient (Wildman–Crippen LogP) is 17.0. The van der Waals surface area contributed by atoms with Crippen LogP contribution in [0.5, 0.6) is 0 Å². The van der Waals surface area contributed by atoms with Gasteiger partial charge in [0.2, 0.25) is 0 Å². The van der Waals surface area contributed by atoms with E-state index >= 15 is 0 Å². The van der Waals surface area contributed by atoms with Crippen molar-refractivity contribution < 1.29 is 0 Å². The van der Waals surface area contributed by atoms with Gasteiger partial charge in [-0.2, -0.15) is 0 Å². The summed E-state index contributed by atoms with van der Waals surface area (Å²) in [4.78, 5) is 2.41. The maximum Gasteiger partial charge on any atom is 0.0540 e. The van der Waals surface area contributed by atoms with E-state index in [0.29, 0.717) is 0 Å². The minimum Gasteiger partial charge on any atom is -0.310 e. The van der Waals surface area contributed by atoms with E-state index in [1.807, 2.05) is 11.3 Å². The van der Waals surface area contributed by atoms with Gasteiger partial charge in [-0.05, 0) is 122 Å². The van der Waals surface area contributed by atoms with Gasteiger partial charge in [0.05, 0.1) is 5.69 Å². The van der Waals surface area contributed by atoms with Crippen LogP contribution in [0.25, 0.3) is 86.6 Å². The molecule has 0 saturated carbocycles. The van der Waals surface area contributed by atoms with Gasteiger partial charge in [-0.3, -0.25) is 0 Å². The number of thiophene rings is 1. The summed E-state index contributed by atoms with van der Waals surface area (Å²) in [5, 5.41) is 5.10. The standard InChI is InChI=1S/C58H39NS/c1-3-14-40(15-4-1)47-37-48(41-16-5-2-6-17-41)39-49(38-47)43-28-32-50(33-29-43)59(56-24-11-9-20-52(56)46-27-26-42-18-7-8-19-45(42)36-46)51-34-30-44(31-35-51)53-22-13-23-55-54-21-10-12-25-57(54)60-58(53)55/h1-39H.